The first-order chi connectivity index (χ1) is 15.0. The number of nitrogens with zero attached hydrogens (tertiary/aromatic N) is 1. The number of carbonyl (C=O) groups excluding carboxylic acids is 1. The van der Waals surface area contributed by atoms with E-state index in [0.717, 1.165) is 27.9 Å². The zero-order valence-electron chi connectivity index (χ0n) is 18.1. The summed E-state index contributed by atoms with van der Waals surface area (Å²) in [5.41, 5.74) is 5.06. The number of nitrogens with one attached hydrogen (secondary N) is 2. The van der Waals surface area contributed by atoms with Crippen LogP contribution in [0, 0.1) is 18.3 Å². The highest BCUT2D eigenvalue weighted by Gasteiger charge is 2.19. The van der Waals surface area contributed by atoms with E-state index in [9.17, 15) is 10.1 Å². The lowest BCUT2D eigenvalue weighted by Gasteiger charge is -2.20. The number of anilines is 1. The second kappa shape index (κ2) is 10.3. The average Bonchev–Trinajstić information content (AvgIpc) is 2.79. The molecule has 0 fully saturated rings. The molecule has 3 rings (SSSR count). The molecule has 3 aromatic rings. The molecule has 0 aromatic heterocycles. The van der Waals surface area contributed by atoms with E-state index < -0.39 is 5.91 Å². The van der Waals surface area contributed by atoms with Crippen LogP contribution in [0.15, 0.2) is 90.6 Å². The molecule has 0 bridgehead atoms. The summed E-state index contributed by atoms with van der Waals surface area (Å²) in [6, 6.07) is 27.2. The Bertz CT molecular complexity index is 1060. The first kappa shape index (κ1) is 21.9. The van der Waals surface area contributed by atoms with Gasteiger partial charge in [-0.2, -0.15) is 5.26 Å². The SMILES string of the molecule is Cc1cccc(C(C)C)c1N/C=C(/C#N)C(=O)NC(c1ccccc1)c1ccccc1. The topological polar surface area (TPSA) is 64.9 Å². The maximum Gasteiger partial charge on any atom is 0.264 e. The van der Waals surface area contributed by atoms with Gasteiger partial charge >= 0.3 is 0 Å². The number of nitriles is 1. The molecule has 0 radical (unpaired) electrons. The lowest BCUT2D eigenvalue weighted by molar-refractivity contribution is -0.117. The Kier molecular flexibility index (Phi) is 7.24. The van der Waals surface area contributed by atoms with Crippen molar-refractivity contribution in [3.63, 3.8) is 0 Å². The standard InChI is InChI=1S/C27H27N3O/c1-19(2)24-16-10-11-20(3)25(24)29-18-23(17-28)27(31)30-26(21-12-6-4-7-13-21)22-14-8-5-9-15-22/h4-16,18-19,26,29H,1-3H3,(H,30,31)/b23-18-. The molecular formula is C27H27N3O. The molecular weight excluding hydrogens is 382 g/mol. The molecule has 0 aliphatic rings. The largest absolute Gasteiger partial charge is 0.360 e. The van der Waals surface area contributed by atoms with Gasteiger partial charge in [-0.05, 0) is 35.1 Å². The molecule has 0 saturated heterocycles. The zero-order chi connectivity index (χ0) is 22.2. The molecule has 0 atom stereocenters. The van der Waals surface area contributed by atoms with Gasteiger partial charge < -0.3 is 10.6 Å². The second-order valence-electron chi connectivity index (χ2n) is 7.74. The first-order valence-electron chi connectivity index (χ1n) is 10.4. The third kappa shape index (κ3) is 5.40. The number of amides is 1. The zero-order valence-corrected chi connectivity index (χ0v) is 18.1. The molecule has 0 unspecified atom stereocenters. The summed E-state index contributed by atoms with van der Waals surface area (Å²) < 4.78 is 0. The molecule has 156 valence electrons. The van der Waals surface area contributed by atoms with Gasteiger partial charge in [-0.1, -0.05) is 92.7 Å². The normalized spacial score (nSPS) is 11.3. The summed E-state index contributed by atoms with van der Waals surface area (Å²) >= 11 is 0. The molecule has 0 aliphatic heterocycles. The van der Waals surface area contributed by atoms with Crippen LogP contribution in [0.3, 0.4) is 0 Å². The van der Waals surface area contributed by atoms with E-state index >= 15 is 0 Å². The number of carbonyl (C=O) groups is 1. The smallest absolute Gasteiger partial charge is 0.264 e. The number of benzene rings is 3. The van der Waals surface area contributed by atoms with Gasteiger partial charge in [0.05, 0.1) is 6.04 Å². The fourth-order valence-electron chi connectivity index (χ4n) is 3.52. The average molecular weight is 410 g/mol. The van der Waals surface area contributed by atoms with Crippen LogP contribution < -0.4 is 10.6 Å². The molecule has 3 aromatic carbocycles. The van der Waals surface area contributed by atoms with E-state index in [1.165, 1.54) is 6.20 Å². The van der Waals surface area contributed by atoms with Gasteiger partial charge in [0, 0.05) is 11.9 Å². The third-order valence-corrected chi connectivity index (χ3v) is 5.19. The maximum absolute atomic E-state index is 13.0. The van der Waals surface area contributed by atoms with E-state index in [0.29, 0.717) is 5.92 Å². The van der Waals surface area contributed by atoms with E-state index in [1.54, 1.807) is 0 Å². The minimum Gasteiger partial charge on any atom is -0.360 e. The summed E-state index contributed by atoms with van der Waals surface area (Å²) in [5, 5.41) is 15.9. The van der Waals surface area contributed by atoms with Crippen molar-refractivity contribution in [1.29, 1.82) is 5.26 Å². The van der Waals surface area contributed by atoms with Crippen LogP contribution in [0.5, 0.6) is 0 Å². The van der Waals surface area contributed by atoms with Crippen molar-refractivity contribution in [1.82, 2.24) is 5.32 Å². The summed E-state index contributed by atoms with van der Waals surface area (Å²) in [5.74, 6) is -0.108. The van der Waals surface area contributed by atoms with Crippen molar-refractivity contribution in [3.8, 4) is 6.07 Å². The quantitative estimate of drug-likeness (QED) is 0.380. The number of rotatable bonds is 7. The molecule has 1 amide bonds. The molecule has 0 saturated carbocycles. The molecule has 0 spiro atoms. The first-order valence-corrected chi connectivity index (χ1v) is 10.4. The van der Waals surface area contributed by atoms with Gasteiger partial charge in [0.15, 0.2) is 0 Å². The van der Waals surface area contributed by atoms with Gasteiger partial charge in [-0.3, -0.25) is 4.79 Å². The monoisotopic (exact) mass is 409 g/mol. The molecule has 4 nitrogen and oxygen atoms in total. The molecule has 0 heterocycles. The lowest BCUT2D eigenvalue weighted by atomic mass is 9.98. The molecule has 0 aliphatic carbocycles. The highest BCUT2D eigenvalue weighted by atomic mass is 16.1. The van der Waals surface area contributed by atoms with Crippen LogP contribution in [0.1, 0.15) is 48.1 Å². The van der Waals surface area contributed by atoms with Gasteiger partial charge in [0.25, 0.3) is 5.91 Å². The Morgan fingerprint density at radius 1 is 0.903 bits per heavy atom. The summed E-state index contributed by atoms with van der Waals surface area (Å²) in [4.78, 5) is 13.0. The van der Waals surface area contributed by atoms with E-state index in [2.05, 4.69) is 30.5 Å². The molecule has 4 heteroatoms. The highest BCUT2D eigenvalue weighted by molar-refractivity contribution is 5.98. The Labute approximate surface area is 184 Å². The third-order valence-electron chi connectivity index (χ3n) is 5.19. The van der Waals surface area contributed by atoms with Crippen LogP contribution >= 0.6 is 0 Å². The van der Waals surface area contributed by atoms with Crippen molar-refractivity contribution in [3.05, 3.63) is 113 Å². The van der Waals surface area contributed by atoms with Crippen LogP contribution in [0.2, 0.25) is 0 Å². The van der Waals surface area contributed by atoms with Crippen LogP contribution in [-0.2, 0) is 4.79 Å². The van der Waals surface area contributed by atoms with E-state index in [1.807, 2.05) is 85.8 Å². The van der Waals surface area contributed by atoms with Crippen molar-refractivity contribution in [2.24, 2.45) is 0 Å². The number of aryl methyl sites for hydroxylation is 1. The highest BCUT2D eigenvalue weighted by Crippen LogP contribution is 2.28. The Hall–Kier alpha value is -3.84. The minimum atomic E-state index is -0.424. The van der Waals surface area contributed by atoms with Crippen molar-refractivity contribution < 1.29 is 4.79 Å². The summed E-state index contributed by atoms with van der Waals surface area (Å²) in [6.45, 7) is 6.24. The van der Waals surface area contributed by atoms with Crippen molar-refractivity contribution in [2.75, 3.05) is 5.32 Å². The Morgan fingerprint density at radius 2 is 1.48 bits per heavy atom. The fourth-order valence-corrected chi connectivity index (χ4v) is 3.52. The van der Waals surface area contributed by atoms with Crippen molar-refractivity contribution in [2.45, 2.75) is 32.7 Å². The predicted octanol–water partition coefficient (Wildman–Crippen LogP) is 5.84. The van der Waals surface area contributed by atoms with Gasteiger partial charge in [0.2, 0.25) is 0 Å². The Morgan fingerprint density at radius 3 is 2.00 bits per heavy atom. The number of hydrogen-bond donors (Lipinski definition) is 2. The van der Waals surface area contributed by atoms with Crippen LogP contribution in [-0.4, -0.2) is 5.91 Å². The lowest BCUT2D eigenvalue weighted by Crippen LogP contribution is -2.30. The maximum atomic E-state index is 13.0. The molecule has 2 N–H and O–H groups in total. The van der Waals surface area contributed by atoms with E-state index in [4.69, 9.17) is 0 Å². The van der Waals surface area contributed by atoms with Gasteiger partial charge in [0.1, 0.15) is 11.6 Å². The number of hydrogen-bond acceptors (Lipinski definition) is 3. The second-order valence-corrected chi connectivity index (χ2v) is 7.74. The number of para-hydroxylation sites is 1. The van der Waals surface area contributed by atoms with Crippen molar-refractivity contribution >= 4 is 11.6 Å². The predicted molar refractivity (Wildman–Crippen MR) is 125 cm³/mol. The van der Waals surface area contributed by atoms with Gasteiger partial charge in [-0.15, -0.1) is 0 Å². The molecule has 31 heavy (non-hydrogen) atoms. The van der Waals surface area contributed by atoms with Crippen LogP contribution in [0.4, 0.5) is 5.69 Å². The summed E-state index contributed by atoms with van der Waals surface area (Å²) in [7, 11) is 0. The fraction of sp³-hybridized carbons (Fsp3) is 0.185. The van der Waals surface area contributed by atoms with Crippen LogP contribution in [0.25, 0.3) is 0 Å². The van der Waals surface area contributed by atoms with Gasteiger partial charge in [-0.25, -0.2) is 0 Å². The summed E-state index contributed by atoms with van der Waals surface area (Å²) in [6.07, 6.45) is 1.50. The van der Waals surface area contributed by atoms with E-state index in [-0.39, 0.29) is 11.6 Å². The minimum absolute atomic E-state index is 0.0230. The Balaban J connectivity index is 1.87.